The number of hydrogen-bond acceptors (Lipinski definition) is 3. The van der Waals surface area contributed by atoms with E-state index >= 15 is 0 Å². The molecular formula is C9H7ClFNO3. The number of hydrogen-bond donors (Lipinski definition) is 1. The zero-order valence-corrected chi connectivity index (χ0v) is 8.24. The number of nitrogens with zero attached hydrogens (tertiary/aromatic N) is 1. The van der Waals surface area contributed by atoms with Crippen molar-refractivity contribution in [3.8, 4) is 0 Å². The first kappa shape index (κ1) is 11.5. The molecule has 1 aromatic carbocycles. The van der Waals surface area contributed by atoms with Crippen LogP contribution in [0.3, 0.4) is 0 Å². The van der Waals surface area contributed by atoms with Gasteiger partial charge in [-0.15, -0.1) is 0 Å². The van der Waals surface area contributed by atoms with Crippen molar-refractivity contribution in [2.45, 2.75) is 0 Å². The van der Waals surface area contributed by atoms with Crippen LogP contribution < -0.4 is 0 Å². The maximum absolute atomic E-state index is 13.1. The Hall–Kier alpha value is -1.62. The van der Waals surface area contributed by atoms with Crippen LogP contribution in [0.5, 0.6) is 0 Å². The Morgan fingerprint density at radius 2 is 2.40 bits per heavy atom. The van der Waals surface area contributed by atoms with Crippen LogP contribution in [-0.2, 0) is 9.63 Å². The van der Waals surface area contributed by atoms with Gasteiger partial charge in [-0.1, -0.05) is 22.8 Å². The van der Waals surface area contributed by atoms with Crippen LogP contribution in [0.4, 0.5) is 4.39 Å². The van der Waals surface area contributed by atoms with Gasteiger partial charge in [-0.2, -0.15) is 0 Å². The predicted molar refractivity (Wildman–Crippen MR) is 52.6 cm³/mol. The van der Waals surface area contributed by atoms with E-state index in [4.69, 9.17) is 16.7 Å². The summed E-state index contributed by atoms with van der Waals surface area (Å²) < 4.78 is 13.1. The quantitative estimate of drug-likeness (QED) is 0.636. The topological polar surface area (TPSA) is 58.9 Å². The molecule has 1 N–H and O–H groups in total. The van der Waals surface area contributed by atoms with Crippen molar-refractivity contribution in [2.24, 2.45) is 5.16 Å². The molecule has 0 radical (unpaired) electrons. The molecule has 15 heavy (non-hydrogen) atoms. The van der Waals surface area contributed by atoms with E-state index in [1.807, 2.05) is 0 Å². The third-order valence-corrected chi connectivity index (χ3v) is 1.77. The molecule has 0 amide bonds. The van der Waals surface area contributed by atoms with E-state index < -0.39 is 18.4 Å². The number of oxime groups is 1. The fraction of sp³-hybridized carbons (Fsp3) is 0.111. The van der Waals surface area contributed by atoms with Crippen molar-refractivity contribution in [1.82, 2.24) is 0 Å². The summed E-state index contributed by atoms with van der Waals surface area (Å²) in [5.41, 5.74) is 0.0598. The number of rotatable bonds is 4. The van der Waals surface area contributed by atoms with Crippen LogP contribution in [0.1, 0.15) is 5.56 Å². The first-order valence-corrected chi connectivity index (χ1v) is 4.30. The second-order valence-corrected chi connectivity index (χ2v) is 2.94. The molecule has 0 atom stereocenters. The van der Waals surface area contributed by atoms with E-state index in [0.29, 0.717) is 0 Å². The molecule has 0 fully saturated rings. The Kier molecular flexibility index (Phi) is 4.05. The highest BCUT2D eigenvalue weighted by Gasteiger charge is 2.03. The molecule has 6 heteroatoms. The van der Waals surface area contributed by atoms with Crippen LogP contribution in [0, 0.1) is 5.82 Å². The van der Waals surface area contributed by atoms with Crippen molar-refractivity contribution in [1.29, 1.82) is 0 Å². The molecule has 1 rings (SSSR count). The summed E-state index contributed by atoms with van der Waals surface area (Å²) >= 11 is 5.67. The van der Waals surface area contributed by atoms with Crippen molar-refractivity contribution in [3.63, 3.8) is 0 Å². The van der Waals surface area contributed by atoms with Gasteiger partial charge in [0.1, 0.15) is 5.82 Å². The lowest BCUT2D eigenvalue weighted by Gasteiger charge is -1.98. The van der Waals surface area contributed by atoms with Crippen LogP contribution in [0.15, 0.2) is 23.4 Å². The number of halogens is 2. The van der Waals surface area contributed by atoms with Crippen LogP contribution in [0.25, 0.3) is 0 Å². The third kappa shape index (κ3) is 3.55. The summed E-state index contributed by atoms with van der Waals surface area (Å²) in [6, 6.07) is 4.15. The Morgan fingerprint density at radius 1 is 1.67 bits per heavy atom. The summed E-state index contributed by atoms with van der Waals surface area (Å²) in [6.07, 6.45) is 1.03. The van der Waals surface area contributed by atoms with Gasteiger partial charge in [-0.3, -0.25) is 0 Å². The third-order valence-electron chi connectivity index (χ3n) is 1.44. The molecule has 0 saturated carbocycles. The van der Waals surface area contributed by atoms with Gasteiger partial charge in [-0.25, -0.2) is 9.18 Å². The predicted octanol–water partition coefficient (Wildman–Crippen LogP) is 1.91. The number of carbonyl (C=O) groups is 1. The van der Waals surface area contributed by atoms with E-state index in [-0.39, 0.29) is 10.6 Å². The second-order valence-electron chi connectivity index (χ2n) is 2.54. The van der Waals surface area contributed by atoms with Gasteiger partial charge in [0.2, 0.25) is 6.61 Å². The summed E-state index contributed by atoms with van der Waals surface area (Å²) in [7, 11) is 0. The Bertz CT molecular complexity index is 375. The molecule has 0 saturated heterocycles. The molecule has 1 aromatic rings. The lowest BCUT2D eigenvalue weighted by Crippen LogP contribution is -2.03. The van der Waals surface area contributed by atoms with Crippen molar-refractivity contribution in [2.75, 3.05) is 6.61 Å². The molecule has 0 aliphatic carbocycles. The fourth-order valence-corrected chi connectivity index (χ4v) is 1.03. The summed E-state index contributed by atoms with van der Waals surface area (Å²) in [4.78, 5) is 14.4. The van der Waals surface area contributed by atoms with E-state index in [2.05, 4.69) is 9.99 Å². The van der Waals surface area contributed by atoms with Crippen LogP contribution in [0.2, 0.25) is 5.02 Å². The molecule has 0 aliphatic heterocycles. The van der Waals surface area contributed by atoms with E-state index in [1.54, 1.807) is 0 Å². The van der Waals surface area contributed by atoms with Crippen molar-refractivity contribution >= 4 is 23.8 Å². The molecule has 0 aliphatic rings. The van der Waals surface area contributed by atoms with Gasteiger partial charge in [0.25, 0.3) is 0 Å². The molecular weight excluding hydrogens is 225 g/mol. The van der Waals surface area contributed by atoms with E-state index in [0.717, 1.165) is 6.21 Å². The largest absolute Gasteiger partial charge is 0.479 e. The van der Waals surface area contributed by atoms with Gasteiger partial charge < -0.3 is 9.94 Å². The maximum Gasteiger partial charge on any atom is 0.344 e. The standard InChI is InChI=1S/C9H7ClFNO3/c10-7-2-1-3-8(11)6(7)4-12-15-5-9(13)14/h1-4H,5H2,(H,13,14). The summed E-state index contributed by atoms with van der Waals surface area (Å²) in [5, 5.41) is 11.7. The molecule has 0 bridgehead atoms. The average Bonchev–Trinajstić information content (AvgIpc) is 2.15. The minimum atomic E-state index is -1.16. The minimum absolute atomic E-state index is 0.0598. The normalized spacial score (nSPS) is 10.5. The molecule has 0 spiro atoms. The van der Waals surface area contributed by atoms with Gasteiger partial charge in [0, 0.05) is 0 Å². The SMILES string of the molecule is O=C(O)CON=Cc1c(F)cccc1Cl. The molecule has 0 aromatic heterocycles. The van der Waals surface area contributed by atoms with Crippen molar-refractivity contribution in [3.05, 3.63) is 34.6 Å². The first-order chi connectivity index (χ1) is 7.11. The molecule has 0 heterocycles. The first-order valence-electron chi connectivity index (χ1n) is 3.92. The highest BCUT2D eigenvalue weighted by Crippen LogP contribution is 2.16. The average molecular weight is 232 g/mol. The molecule has 80 valence electrons. The monoisotopic (exact) mass is 231 g/mol. The number of carboxylic acid groups (broad SMARTS) is 1. The summed E-state index contributed by atoms with van der Waals surface area (Å²) in [6.45, 7) is -0.581. The minimum Gasteiger partial charge on any atom is -0.479 e. The van der Waals surface area contributed by atoms with Gasteiger partial charge in [0.15, 0.2) is 0 Å². The van der Waals surface area contributed by atoms with E-state index in [1.165, 1.54) is 18.2 Å². The van der Waals surface area contributed by atoms with E-state index in [9.17, 15) is 9.18 Å². The highest BCUT2D eigenvalue weighted by atomic mass is 35.5. The number of aliphatic carboxylic acids is 1. The summed E-state index contributed by atoms with van der Waals surface area (Å²) in [5.74, 6) is -1.71. The molecule has 4 nitrogen and oxygen atoms in total. The Labute approximate surface area is 89.9 Å². The highest BCUT2D eigenvalue weighted by molar-refractivity contribution is 6.33. The van der Waals surface area contributed by atoms with Crippen LogP contribution >= 0.6 is 11.6 Å². The maximum atomic E-state index is 13.1. The number of carboxylic acids is 1. The zero-order valence-electron chi connectivity index (χ0n) is 7.48. The lowest BCUT2D eigenvalue weighted by atomic mass is 10.2. The van der Waals surface area contributed by atoms with Crippen LogP contribution in [-0.4, -0.2) is 23.9 Å². The fourth-order valence-electron chi connectivity index (χ4n) is 0.817. The smallest absolute Gasteiger partial charge is 0.344 e. The lowest BCUT2D eigenvalue weighted by molar-refractivity contribution is -0.142. The van der Waals surface area contributed by atoms with Gasteiger partial charge in [-0.05, 0) is 12.1 Å². The zero-order chi connectivity index (χ0) is 11.3. The Balaban J connectivity index is 2.67. The Morgan fingerprint density at radius 3 is 3.00 bits per heavy atom. The number of benzene rings is 1. The van der Waals surface area contributed by atoms with Gasteiger partial charge in [0.05, 0.1) is 16.8 Å². The van der Waals surface area contributed by atoms with Gasteiger partial charge >= 0.3 is 5.97 Å². The van der Waals surface area contributed by atoms with Crippen molar-refractivity contribution < 1.29 is 19.1 Å². The second kappa shape index (κ2) is 5.31. The molecule has 0 unspecified atom stereocenters.